The lowest BCUT2D eigenvalue weighted by molar-refractivity contribution is -0.122. The summed E-state index contributed by atoms with van der Waals surface area (Å²) in [6.07, 6.45) is 2.23. The van der Waals surface area contributed by atoms with Gasteiger partial charge in [-0.2, -0.15) is 5.10 Å². The first kappa shape index (κ1) is 21.6. The van der Waals surface area contributed by atoms with E-state index in [1.54, 1.807) is 20.4 Å². The van der Waals surface area contributed by atoms with Crippen LogP contribution in [-0.2, 0) is 4.79 Å². The number of hydrogen-bond acceptors (Lipinski definition) is 7. The van der Waals surface area contributed by atoms with Crippen molar-refractivity contribution in [3.8, 4) is 17.2 Å². The number of ether oxygens (including phenoxy) is 3. The summed E-state index contributed by atoms with van der Waals surface area (Å²) in [5.74, 6) is 1.93. The summed E-state index contributed by atoms with van der Waals surface area (Å²) in [7, 11) is 3.23. The molecule has 2 aromatic carbocycles. The van der Waals surface area contributed by atoms with Gasteiger partial charge in [0.25, 0.3) is 5.91 Å². The lowest BCUT2D eigenvalue weighted by Crippen LogP contribution is -2.41. The van der Waals surface area contributed by atoms with Gasteiger partial charge >= 0.3 is 0 Å². The molecule has 1 aliphatic heterocycles. The Morgan fingerprint density at radius 3 is 2.53 bits per heavy atom. The van der Waals surface area contributed by atoms with Gasteiger partial charge in [-0.25, -0.2) is 16.3 Å². The van der Waals surface area contributed by atoms with Gasteiger partial charge < -0.3 is 14.2 Å². The summed E-state index contributed by atoms with van der Waals surface area (Å²) in [6.45, 7) is 3.94. The van der Waals surface area contributed by atoms with Gasteiger partial charge in [-0.15, -0.1) is 0 Å². The second-order valence-electron chi connectivity index (χ2n) is 7.21. The zero-order valence-corrected chi connectivity index (χ0v) is 17.6. The van der Waals surface area contributed by atoms with E-state index in [9.17, 15) is 4.79 Å². The van der Waals surface area contributed by atoms with E-state index in [0.29, 0.717) is 17.9 Å². The predicted molar refractivity (Wildman–Crippen MR) is 115 cm³/mol. The summed E-state index contributed by atoms with van der Waals surface area (Å²) in [4.78, 5) is 12.4. The minimum Gasteiger partial charge on any atom is -0.497 e. The molecule has 160 valence electrons. The first-order chi connectivity index (χ1) is 14.5. The monoisotopic (exact) mass is 412 g/mol. The molecule has 0 saturated carbocycles. The number of carbonyl (C=O) groups is 1. The fraction of sp³-hybridized carbons (Fsp3) is 0.364. The number of carbonyl (C=O) groups excluding carboxylic acids is 1. The van der Waals surface area contributed by atoms with Crippen LogP contribution in [0.15, 0.2) is 47.6 Å². The molecule has 1 saturated heterocycles. The molecule has 8 heteroatoms. The fourth-order valence-electron chi connectivity index (χ4n) is 3.14. The quantitative estimate of drug-likeness (QED) is 0.456. The summed E-state index contributed by atoms with van der Waals surface area (Å²) in [6, 6.07) is 12.8. The van der Waals surface area contributed by atoms with Crippen molar-refractivity contribution in [2.24, 2.45) is 5.10 Å². The van der Waals surface area contributed by atoms with Gasteiger partial charge in [0.15, 0.2) is 11.5 Å². The molecule has 30 heavy (non-hydrogen) atoms. The largest absolute Gasteiger partial charge is 0.497 e. The molecule has 2 atom stereocenters. The van der Waals surface area contributed by atoms with E-state index < -0.39 is 6.04 Å². The molecule has 1 fully saturated rings. The topological polar surface area (TPSA) is 93.2 Å². The highest BCUT2D eigenvalue weighted by atomic mass is 16.5. The van der Waals surface area contributed by atoms with Crippen LogP contribution in [0.2, 0.25) is 0 Å². The number of hydrazone groups is 1. The Labute approximate surface area is 176 Å². The maximum absolute atomic E-state index is 12.4. The second-order valence-corrected chi connectivity index (χ2v) is 7.21. The average molecular weight is 412 g/mol. The third kappa shape index (κ3) is 5.49. The highest BCUT2D eigenvalue weighted by Crippen LogP contribution is 2.33. The van der Waals surface area contributed by atoms with E-state index in [-0.39, 0.29) is 18.1 Å². The van der Waals surface area contributed by atoms with Gasteiger partial charge in [0.1, 0.15) is 11.8 Å². The molecule has 8 nitrogen and oxygen atoms in total. The van der Waals surface area contributed by atoms with Crippen molar-refractivity contribution >= 4 is 12.1 Å². The van der Waals surface area contributed by atoms with Crippen LogP contribution in [0.5, 0.6) is 17.2 Å². The van der Waals surface area contributed by atoms with Gasteiger partial charge in [0.2, 0.25) is 0 Å². The van der Waals surface area contributed by atoms with Crippen LogP contribution in [0.1, 0.15) is 37.4 Å². The normalized spacial score (nSPS) is 18.6. The van der Waals surface area contributed by atoms with Crippen LogP contribution in [0, 0.1) is 0 Å². The molecule has 1 aliphatic rings. The molecule has 0 bridgehead atoms. The third-order valence-corrected chi connectivity index (χ3v) is 4.68. The van der Waals surface area contributed by atoms with Crippen LogP contribution >= 0.6 is 0 Å². The van der Waals surface area contributed by atoms with Crippen molar-refractivity contribution in [1.29, 1.82) is 0 Å². The summed E-state index contributed by atoms with van der Waals surface area (Å²) >= 11 is 0. The second kappa shape index (κ2) is 10.1. The molecule has 1 heterocycles. The molecule has 0 radical (unpaired) electrons. The van der Waals surface area contributed by atoms with E-state index in [2.05, 4.69) is 21.4 Å². The molecule has 3 N–H and O–H groups in total. The standard InChI is InChI=1S/C22H28N4O4/c1-14(2)30-20-10-7-16(11-21(20)29-4)18-12-19(25-24-18)22(27)26-23-13-15-5-8-17(28-3)9-6-15/h5-11,13-14,18-19,24-25H,12H2,1-4H3,(H,26,27)/b23-13-. The van der Waals surface area contributed by atoms with Crippen molar-refractivity contribution in [2.75, 3.05) is 14.2 Å². The minimum absolute atomic E-state index is 0.0340. The Bertz CT molecular complexity index is 883. The van der Waals surface area contributed by atoms with E-state index in [1.807, 2.05) is 56.3 Å². The van der Waals surface area contributed by atoms with E-state index in [1.165, 1.54) is 0 Å². The highest BCUT2D eigenvalue weighted by molar-refractivity contribution is 5.85. The summed E-state index contributed by atoms with van der Waals surface area (Å²) in [5.41, 5.74) is 10.6. The Balaban J connectivity index is 1.56. The molecule has 2 aromatic rings. The average Bonchev–Trinajstić information content (AvgIpc) is 3.24. The lowest BCUT2D eigenvalue weighted by atomic mass is 10.0. The van der Waals surface area contributed by atoms with Crippen LogP contribution < -0.4 is 30.5 Å². The predicted octanol–water partition coefficient (Wildman–Crippen LogP) is 2.55. The third-order valence-electron chi connectivity index (χ3n) is 4.68. The number of benzene rings is 2. The van der Waals surface area contributed by atoms with Crippen molar-refractivity contribution in [1.82, 2.24) is 16.3 Å². The highest BCUT2D eigenvalue weighted by Gasteiger charge is 2.30. The fourth-order valence-corrected chi connectivity index (χ4v) is 3.14. The lowest BCUT2D eigenvalue weighted by Gasteiger charge is -2.16. The number of rotatable bonds is 8. The molecular formula is C22H28N4O4. The zero-order chi connectivity index (χ0) is 21.5. The number of nitrogens with zero attached hydrogens (tertiary/aromatic N) is 1. The first-order valence-electron chi connectivity index (χ1n) is 9.82. The first-order valence-corrected chi connectivity index (χ1v) is 9.82. The molecule has 0 spiro atoms. The molecule has 3 rings (SSSR count). The van der Waals surface area contributed by atoms with Gasteiger partial charge in [-0.05, 0) is 67.8 Å². The Kier molecular flexibility index (Phi) is 7.26. The maximum Gasteiger partial charge on any atom is 0.258 e. The zero-order valence-electron chi connectivity index (χ0n) is 17.6. The van der Waals surface area contributed by atoms with E-state index >= 15 is 0 Å². The number of hydrazine groups is 1. The Morgan fingerprint density at radius 2 is 1.87 bits per heavy atom. The van der Waals surface area contributed by atoms with Crippen LogP contribution in [0.3, 0.4) is 0 Å². The SMILES string of the molecule is COc1ccc(/C=N\NC(=O)C2CC(c3ccc(OC(C)C)c(OC)c3)NN2)cc1. The number of nitrogens with one attached hydrogen (secondary N) is 3. The van der Waals surface area contributed by atoms with Gasteiger partial charge in [-0.1, -0.05) is 6.07 Å². The number of hydrogen-bond donors (Lipinski definition) is 3. The Morgan fingerprint density at radius 1 is 1.10 bits per heavy atom. The minimum atomic E-state index is -0.402. The molecule has 0 aliphatic carbocycles. The van der Waals surface area contributed by atoms with Crippen LogP contribution in [0.25, 0.3) is 0 Å². The molecule has 1 amide bonds. The van der Waals surface area contributed by atoms with Crippen LogP contribution in [0.4, 0.5) is 0 Å². The van der Waals surface area contributed by atoms with Gasteiger partial charge in [0, 0.05) is 6.04 Å². The van der Waals surface area contributed by atoms with Crippen LogP contribution in [-0.4, -0.2) is 38.5 Å². The molecule has 2 unspecified atom stereocenters. The van der Waals surface area contributed by atoms with Gasteiger partial charge in [0.05, 0.1) is 26.5 Å². The Hall–Kier alpha value is -3.10. The van der Waals surface area contributed by atoms with E-state index in [0.717, 1.165) is 16.9 Å². The summed E-state index contributed by atoms with van der Waals surface area (Å²) in [5, 5.41) is 4.04. The number of methoxy groups -OCH3 is 2. The van der Waals surface area contributed by atoms with Crippen molar-refractivity contribution in [3.05, 3.63) is 53.6 Å². The van der Waals surface area contributed by atoms with Gasteiger partial charge in [-0.3, -0.25) is 4.79 Å². The van der Waals surface area contributed by atoms with Crippen molar-refractivity contribution < 1.29 is 19.0 Å². The van der Waals surface area contributed by atoms with Crippen molar-refractivity contribution in [2.45, 2.75) is 38.5 Å². The smallest absolute Gasteiger partial charge is 0.258 e. The maximum atomic E-state index is 12.4. The molecule has 0 aromatic heterocycles. The molecular weight excluding hydrogens is 384 g/mol. The summed E-state index contributed by atoms with van der Waals surface area (Å²) < 4.78 is 16.3. The van der Waals surface area contributed by atoms with Crippen molar-refractivity contribution in [3.63, 3.8) is 0 Å². The van der Waals surface area contributed by atoms with E-state index in [4.69, 9.17) is 14.2 Å². The number of amides is 1.